The normalized spacial score (nSPS) is 11.8. The van der Waals surface area contributed by atoms with Crippen LogP contribution in [0.15, 0.2) is 54.7 Å². The minimum atomic E-state index is 0.00372. The number of nitrogens with zero attached hydrogens (tertiary/aromatic N) is 5. The van der Waals surface area contributed by atoms with E-state index in [1.807, 2.05) is 60.5 Å². The topological polar surface area (TPSA) is 125 Å². The average molecular weight is 417 g/mol. The average Bonchev–Trinajstić information content (AvgIpc) is 2.78. The molecule has 4 rings (SSSR count). The monoisotopic (exact) mass is 417 g/mol. The third-order valence-corrected chi connectivity index (χ3v) is 5.04. The lowest BCUT2D eigenvalue weighted by atomic mass is 10.1. The Balaban J connectivity index is 1.50. The van der Waals surface area contributed by atoms with Gasteiger partial charge in [-0.15, -0.1) is 0 Å². The zero-order chi connectivity index (χ0) is 22.0. The Morgan fingerprint density at radius 3 is 2.13 bits per heavy atom. The number of anilines is 3. The summed E-state index contributed by atoms with van der Waals surface area (Å²) in [7, 11) is 3.55. The van der Waals surface area contributed by atoms with Crippen LogP contribution in [-0.4, -0.2) is 34.1 Å². The molecule has 0 amide bonds. The summed E-state index contributed by atoms with van der Waals surface area (Å²) in [5, 5.41) is 0.569. The molecule has 0 aliphatic rings. The van der Waals surface area contributed by atoms with Gasteiger partial charge in [-0.2, -0.15) is 15.0 Å². The molecule has 4 aromatic rings. The molecule has 2 aromatic heterocycles. The number of benzene rings is 2. The SMILES string of the molecule is COc1ccc(Oc2ccc([C@H](C)N(C)c3ncc4c(N)nc(N)nc4n3)cc2)cc1. The molecule has 0 saturated carbocycles. The highest BCUT2D eigenvalue weighted by atomic mass is 16.5. The Labute approximate surface area is 179 Å². The van der Waals surface area contributed by atoms with Crippen LogP contribution in [0.25, 0.3) is 11.0 Å². The predicted molar refractivity (Wildman–Crippen MR) is 120 cm³/mol. The molecule has 4 N–H and O–H groups in total. The maximum atomic E-state index is 5.90. The van der Waals surface area contributed by atoms with Crippen molar-refractivity contribution in [1.82, 2.24) is 19.9 Å². The summed E-state index contributed by atoms with van der Waals surface area (Å²) in [6.07, 6.45) is 1.61. The predicted octanol–water partition coefficient (Wildman–Crippen LogP) is 3.58. The van der Waals surface area contributed by atoms with Gasteiger partial charge in [-0.05, 0) is 48.9 Å². The molecular formula is C22H23N7O2. The Morgan fingerprint density at radius 1 is 0.871 bits per heavy atom. The molecule has 0 spiro atoms. The van der Waals surface area contributed by atoms with Crippen molar-refractivity contribution < 1.29 is 9.47 Å². The van der Waals surface area contributed by atoms with Crippen molar-refractivity contribution in [2.24, 2.45) is 0 Å². The minimum Gasteiger partial charge on any atom is -0.497 e. The maximum absolute atomic E-state index is 5.90. The molecule has 158 valence electrons. The Hall–Kier alpha value is -4.14. The molecule has 1 atom stereocenters. The summed E-state index contributed by atoms with van der Waals surface area (Å²) in [6, 6.07) is 15.3. The van der Waals surface area contributed by atoms with Crippen LogP contribution in [-0.2, 0) is 0 Å². The number of hydrogen-bond acceptors (Lipinski definition) is 9. The van der Waals surface area contributed by atoms with Crippen LogP contribution >= 0.6 is 0 Å². The highest BCUT2D eigenvalue weighted by molar-refractivity contribution is 5.85. The van der Waals surface area contributed by atoms with Crippen LogP contribution in [0.3, 0.4) is 0 Å². The highest BCUT2D eigenvalue weighted by Crippen LogP contribution is 2.28. The lowest BCUT2D eigenvalue weighted by molar-refractivity contribution is 0.413. The van der Waals surface area contributed by atoms with Gasteiger partial charge in [0, 0.05) is 13.2 Å². The smallest absolute Gasteiger partial charge is 0.227 e. The van der Waals surface area contributed by atoms with Gasteiger partial charge in [0.15, 0.2) is 5.65 Å². The van der Waals surface area contributed by atoms with Gasteiger partial charge in [-0.3, -0.25) is 0 Å². The number of rotatable bonds is 6. The van der Waals surface area contributed by atoms with Gasteiger partial charge in [0.05, 0.1) is 18.5 Å². The number of ether oxygens (including phenoxy) is 2. The van der Waals surface area contributed by atoms with Gasteiger partial charge in [0.2, 0.25) is 11.9 Å². The van der Waals surface area contributed by atoms with Crippen LogP contribution in [0.4, 0.5) is 17.7 Å². The van der Waals surface area contributed by atoms with E-state index in [0.29, 0.717) is 17.0 Å². The first-order valence-corrected chi connectivity index (χ1v) is 9.65. The van der Waals surface area contributed by atoms with Crippen LogP contribution < -0.4 is 25.8 Å². The fourth-order valence-corrected chi connectivity index (χ4v) is 3.11. The van der Waals surface area contributed by atoms with Gasteiger partial charge in [0.1, 0.15) is 23.1 Å². The zero-order valence-corrected chi connectivity index (χ0v) is 17.5. The van der Waals surface area contributed by atoms with Crippen LogP contribution in [0, 0.1) is 0 Å². The Kier molecular flexibility index (Phi) is 5.40. The summed E-state index contributed by atoms with van der Waals surface area (Å²) in [4.78, 5) is 19.0. The molecule has 0 aliphatic heterocycles. The molecular weight excluding hydrogens is 394 g/mol. The van der Waals surface area contributed by atoms with E-state index in [2.05, 4.69) is 26.9 Å². The van der Waals surface area contributed by atoms with E-state index in [4.69, 9.17) is 20.9 Å². The van der Waals surface area contributed by atoms with E-state index >= 15 is 0 Å². The molecule has 31 heavy (non-hydrogen) atoms. The van der Waals surface area contributed by atoms with E-state index in [1.54, 1.807) is 13.3 Å². The molecule has 0 bridgehead atoms. The molecule has 0 unspecified atom stereocenters. The van der Waals surface area contributed by atoms with Crippen LogP contribution in [0.5, 0.6) is 17.2 Å². The minimum absolute atomic E-state index is 0.00372. The highest BCUT2D eigenvalue weighted by Gasteiger charge is 2.16. The van der Waals surface area contributed by atoms with E-state index < -0.39 is 0 Å². The Morgan fingerprint density at radius 2 is 1.48 bits per heavy atom. The fourth-order valence-electron chi connectivity index (χ4n) is 3.11. The van der Waals surface area contributed by atoms with Crippen LogP contribution in [0.2, 0.25) is 0 Å². The maximum Gasteiger partial charge on any atom is 0.227 e. The van der Waals surface area contributed by atoms with Crippen molar-refractivity contribution in [1.29, 1.82) is 0 Å². The number of nitrogen functional groups attached to an aromatic ring is 2. The van der Waals surface area contributed by atoms with Gasteiger partial charge in [0.25, 0.3) is 0 Å². The van der Waals surface area contributed by atoms with Gasteiger partial charge < -0.3 is 25.8 Å². The summed E-state index contributed by atoms with van der Waals surface area (Å²) < 4.78 is 11.1. The molecule has 0 fully saturated rings. The van der Waals surface area contributed by atoms with Crippen molar-refractivity contribution >= 4 is 28.7 Å². The van der Waals surface area contributed by atoms with Crippen molar-refractivity contribution in [3.8, 4) is 17.2 Å². The van der Waals surface area contributed by atoms with Gasteiger partial charge >= 0.3 is 0 Å². The lowest BCUT2D eigenvalue weighted by Gasteiger charge is -2.25. The second-order valence-electron chi connectivity index (χ2n) is 7.01. The zero-order valence-electron chi connectivity index (χ0n) is 17.5. The standard InChI is InChI=1S/C22H23N7O2/c1-13(29(2)22-25-12-18-19(23)26-21(24)27-20(18)28-22)14-4-6-16(7-5-14)31-17-10-8-15(30-3)9-11-17/h4-13H,1-3H3,(H4,23,24,25,26,27,28)/t13-/m0/s1. The molecule has 2 heterocycles. The lowest BCUT2D eigenvalue weighted by Crippen LogP contribution is -2.23. The molecule has 0 aliphatic carbocycles. The third-order valence-electron chi connectivity index (χ3n) is 5.04. The van der Waals surface area contributed by atoms with Gasteiger partial charge in [-0.25, -0.2) is 4.98 Å². The van der Waals surface area contributed by atoms with Crippen molar-refractivity contribution in [3.63, 3.8) is 0 Å². The number of fused-ring (bicyclic) bond motifs is 1. The number of aromatic nitrogens is 4. The van der Waals surface area contributed by atoms with Crippen molar-refractivity contribution in [3.05, 3.63) is 60.3 Å². The van der Waals surface area contributed by atoms with E-state index in [1.165, 1.54) is 0 Å². The van der Waals surface area contributed by atoms with Crippen molar-refractivity contribution in [2.45, 2.75) is 13.0 Å². The largest absolute Gasteiger partial charge is 0.497 e. The van der Waals surface area contributed by atoms with E-state index in [0.717, 1.165) is 22.8 Å². The first-order valence-electron chi connectivity index (χ1n) is 9.65. The van der Waals surface area contributed by atoms with Crippen LogP contribution in [0.1, 0.15) is 18.5 Å². The molecule has 2 aromatic carbocycles. The summed E-state index contributed by atoms with van der Waals surface area (Å²) in [5.41, 5.74) is 13.1. The number of methoxy groups -OCH3 is 1. The molecule has 0 radical (unpaired) electrons. The second-order valence-corrected chi connectivity index (χ2v) is 7.01. The summed E-state index contributed by atoms with van der Waals surface area (Å²) in [6.45, 7) is 2.07. The molecule has 9 nitrogen and oxygen atoms in total. The summed E-state index contributed by atoms with van der Waals surface area (Å²) >= 11 is 0. The second kappa shape index (κ2) is 8.31. The molecule has 9 heteroatoms. The fraction of sp³-hybridized carbons (Fsp3) is 0.182. The number of hydrogen-bond donors (Lipinski definition) is 2. The number of nitrogens with two attached hydrogens (primary N) is 2. The molecule has 0 saturated heterocycles. The van der Waals surface area contributed by atoms with Crippen molar-refractivity contribution in [2.75, 3.05) is 30.5 Å². The summed E-state index contributed by atoms with van der Waals surface area (Å²) in [5.74, 6) is 3.12. The quantitative estimate of drug-likeness (QED) is 0.484. The van der Waals surface area contributed by atoms with Gasteiger partial charge in [-0.1, -0.05) is 12.1 Å². The van der Waals surface area contributed by atoms with E-state index in [-0.39, 0.29) is 17.8 Å². The van der Waals surface area contributed by atoms with E-state index in [9.17, 15) is 0 Å². The Bertz CT molecular complexity index is 1200. The first kappa shape index (κ1) is 20.1. The third kappa shape index (κ3) is 4.25. The first-order chi connectivity index (χ1) is 14.9.